The summed E-state index contributed by atoms with van der Waals surface area (Å²) in [5.41, 5.74) is 2.03. The normalized spacial score (nSPS) is 26.3. The predicted molar refractivity (Wildman–Crippen MR) is 136 cm³/mol. The minimum Gasteiger partial charge on any atom is -0.376 e. The summed E-state index contributed by atoms with van der Waals surface area (Å²) in [6, 6.07) is 16.0. The van der Waals surface area contributed by atoms with Gasteiger partial charge >= 0.3 is 0 Å². The highest BCUT2D eigenvalue weighted by molar-refractivity contribution is 6.31. The van der Waals surface area contributed by atoms with Crippen LogP contribution in [0.5, 0.6) is 0 Å². The van der Waals surface area contributed by atoms with E-state index in [-0.39, 0.29) is 12.3 Å². The molecule has 1 fully saturated rings. The van der Waals surface area contributed by atoms with Crippen LogP contribution in [-0.4, -0.2) is 50.7 Å². The fourth-order valence-electron chi connectivity index (χ4n) is 7.10. The minimum atomic E-state index is -1.81. The number of para-hydroxylation sites is 2. The molecule has 2 aromatic heterocycles. The van der Waals surface area contributed by atoms with E-state index >= 15 is 0 Å². The molecule has 0 radical (unpaired) electrons. The Balaban J connectivity index is 1.71. The summed E-state index contributed by atoms with van der Waals surface area (Å²) >= 11 is 0. The number of carbonyl (C=O) groups is 2. The van der Waals surface area contributed by atoms with Gasteiger partial charge < -0.3 is 29.2 Å². The zero-order chi connectivity index (χ0) is 24.7. The second-order valence-corrected chi connectivity index (χ2v) is 10.5. The van der Waals surface area contributed by atoms with Gasteiger partial charge in [0.2, 0.25) is 0 Å². The molecule has 2 bridgehead atoms. The number of ether oxygens (including phenoxy) is 1. The largest absolute Gasteiger partial charge is 0.376 e. The molecule has 8 rings (SSSR count). The topological polar surface area (TPSA) is 88.7 Å². The number of hydrogen-bond donors (Lipinski definition) is 2. The number of aromatic nitrogens is 2. The fraction of sp³-hybridized carbons (Fsp3) is 0.286. The van der Waals surface area contributed by atoms with Crippen LogP contribution in [0.2, 0.25) is 0 Å². The summed E-state index contributed by atoms with van der Waals surface area (Å²) in [7, 11) is 3.31. The molecule has 3 aromatic carbocycles. The van der Waals surface area contributed by atoms with Gasteiger partial charge in [-0.3, -0.25) is 9.59 Å². The lowest BCUT2D eigenvalue weighted by molar-refractivity contribution is -0.193. The monoisotopic (exact) mass is 480 g/mol. The third-order valence-corrected chi connectivity index (χ3v) is 8.59. The van der Waals surface area contributed by atoms with Crippen molar-refractivity contribution in [2.45, 2.75) is 37.4 Å². The summed E-state index contributed by atoms with van der Waals surface area (Å²) in [6.07, 6.45) is -0.513. The highest BCUT2D eigenvalue weighted by atomic mass is 16.6. The number of carbonyl (C=O) groups excluding carboxylic acids is 2. The van der Waals surface area contributed by atoms with Crippen LogP contribution < -0.4 is 5.32 Å². The first kappa shape index (κ1) is 20.3. The van der Waals surface area contributed by atoms with Crippen molar-refractivity contribution in [2.24, 2.45) is 0 Å². The molecule has 8 heteroatoms. The number of likely N-dealkylation sites (N-methyl/N-ethyl adjacent to an activating group) is 1. The number of rotatable bonds is 1. The smallest absolute Gasteiger partial charge is 0.259 e. The molecule has 1 saturated heterocycles. The van der Waals surface area contributed by atoms with Crippen LogP contribution in [0.1, 0.15) is 35.5 Å². The van der Waals surface area contributed by atoms with Crippen LogP contribution in [0.15, 0.2) is 48.5 Å². The summed E-state index contributed by atoms with van der Waals surface area (Å²) in [4.78, 5) is 28.3. The number of nitrogens with one attached hydrogen (secondary N) is 1. The molecule has 3 atom stereocenters. The first-order chi connectivity index (χ1) is 17.3. The predicted octanol–water partition coefficient (Wildman–Crippen LogP) is 3.57. The summed E-state index contributed by atoms with van der Waals surface area (Å²) < 4.78 is 10.9. The van der Waals surface area contributed by atoms with Gasteiger partial charge in [0.15, 0.2) is 11.3 Å². The van der Waals surface area contributed by atoms with Gasteiger partial charge in [-0.05, 0) is 24.6 Å². The molecular weight excluding hydrogens is 456 g/mol. The Morgan fingerprint density at radius 1 is 1.06 bits per heavy atom. The van der Waals surface area contributed by atoms with Crippen LogP contribution >= 0.6 is 0 Å². The van der Waals surface area contributed by atoms with Crippen molar-refractivity contribution in [2.75, 3.05) is 14.1 Å². The molecule has 0 saturated carbocycles. The van der Waals surface area contributed by atoms with Crippen molar-refractivity contribution >= 4 is 55.4 Å². The second-order valence-electron chi connectivity index (χ2n) is 10.5. The zero-order valence-electron chi connectivity index (χ0n) is 20.1. The lowest BCUT2D eigenvalue weighted by atomic mass is 9.87. The fourth-order valence-corrected chi connectivity index (χ4v) is 7.10. The minimum absolute atomic E-state index is 0.0764. The van der Waals surface area contributed by atoms with Crippen LogP contribution in [-0.2, 0) is 21.8 Å². The summed E-state index contributed by atoms with van der Waals surface area (Å²) in [6.45, 7) is 2.24. The Kier molecular flexibility index (Phi) is 3.44. The van der Waals surface area contributed by atoms with E-state index in [0.717, 1.165) is 49.2 Å². The SMILES string of the molecule is CN(C)C(=O)C1(O)CC2OC1(C)n1c3ccccc3c3c4c(c5c6ccccc6n2c5c31)C(=O)NC4. The van der Waals surface area contributed by atoms with Crippen LogP contribution in [0.25, 0.3) is 43.6 Å². The molecule has 0 aliphatic carbocycles. The summed E-state index contributed by atoms with van der Waals surface area (Å²) in [5.74, 6) is -0.472. The number of aliphatic hydroxyl groups is 1. The molecule has 0 spiro atoms. The molecule has 3 aliphatic heterocycles. The van der Waals surface area contributed by atoms with E-state index in [4.69, 9.17) is 4.74 Å². The Morgan fingerprint density at radius 2 is 1.72 bits per heavy atom. The average Bonchev–Trinajstić information content (AvgIpc) is 3.55. The van der Waals surface area contributed by atoms with Crippen molar-refractivity contribution < 1.29 is 19.4 Å². The van der Waals surface area contributed by atoms with E-state index in [1.807, 2.05) is 60.0 Å². The third-order valence-electron chi connectivity index (χ3n) is 8.59. The number of benzene rings is 3. The number of hydrogen-bond acceptors (Lipinski definition) is 4. The van der Waals surface area contributed by atoms with Crippen molar-refractivity contribution in [3.63, 3.8) is 0 Å². The number of nitrogens with zero attached hydrogens (tertiary/aromatic N) is 3. The van der Waals surface area contributed by atoms with Gasteiger partial charge in [0.05, 0.1) is 27.6 Å². The Morgan fingerprint density at radius 3 is 2.44 bits per heavy atom. The standard InChI is InChI=1S/C28H24N4O4/c1-27-28(35,26(34)30(2)3)12-19(36-27)31-17-10-6-4-8-14(17)21-22-16(13-29-25(22)33)20-15-9-5-7-11-18(15)32(27)24(20)23(21)31/h4-11,19,35H,12-13H2,1-3H3,(H,29,33). The van der Waals surface area contributed by atoms with E-state index in [9.17, 15) is 14.7 Å². The van der Waals surface area contributed by atoms with Gasteiger partial charge in [-0.2, -0.15) is 0 Å². The van der Waals surface area contributed by atoms with Gasteiger partial charge in [-0.1, -0.05) is 36.4 Å². The number of amides is 2. The Hall–Kier alpha value is -3.88. The maximum atomic E-state index is 13.6. The van der Waals surface area contributed by atoms with E-state index in [0.29, 0.717) is 12.1 Å². The molecule has 2 N–H and O–H groups in total. The lowest BCUT2D eigenvalue weighted by Crippen LogP contribution is -2.59. The molecule has 36 heavy (non-hydrogen) atoms. The molecular formula is C28H24N4O4. The van der Waals surface area contributed by atoms with Crippen molar-refractivity contribution in [1.29, 1.82) is 0 Å². The molecule has 3 aliphatic rings. The highest BCUT2D eigenvalue weighted by Gasteiger charge is 2.65. The highest BCUT2D eigenvalue weighted by Crippen LogP contribution is 2.57. The van der Waals surface area contributed by atoms with Crippen molar-refractivity contribution in [3.05, 3.63) is 59.7 Å². The van der Waals surface area contributed by atoms with E-state index in [1.54, 1.807) is 14.1 Å². The van der Waals surface area contributed by atoms with E-state index < -0.39 is 23.5 Å². The van der Waals surface area contributed by atoms with Crippen LogP contribution in [0.4, 0.5) is 0 Å². The van der Waals surface area contributed by atoms with E-state index in [2.05, 4.69) is 9.88 Å². The molecule has 2 amide bonds. The first-order valence-electron chi connectivity index (χ1n) is 12.2. The molecule has 8 nitrogen and oxygen atoms in total. The van der Waals surface area contributed by atoms with Gasteiger partial charge in [0.25, 0.3) is 11.8 Å². The Labute approximate surface area is 205 Å². The quantitative estimate of drug-likeness (QED) is 0.384. The lowest BCUT2D eigenvalue weighted by Gasteiger charge is -2.39. The van der Waals surface area contributed by atoms with E-state index in [1.165, 1.54) is 4.90 Å². The van der Waals surface area contributed by atoms with Crippen molar-refractivity contribution in [1.82, 2.24) is 19.4 Å². The second kappa shape index (κ2) is 6.08. The maximum absolute atomic E-state index is 13.6. The zero-order valence-corrected chi connectivity index (χ0v) is 20.1. The van der Waals surface area contributed by atoms with Gasteiger partial charge in [0, 0.05) is 48.6 Å². The molecule has 5 heterocycles. The van der Waals surface area contributed by atoms with Gasteiger partial charge in [-0.15, -0.1) is 0 Å². The third kappa shape index (κ3) is 1.96. The van der Waals surface area contributed by atoms with Crippen LogP contribution in [0, 0.1) is 0 Å². The number of fused-ring (bicyclic) bond motifs is 13. The molecule has 5 aromatic rings. The first-order valence-corrected chi connectivity index (χ1v) is 12.2. The average molecular weight is 481 g/mol. The Bertz CT molecular complexity index is 1860. The summed E-state index contributed by atoms with van der Waals surface area (Å²) in [5, 5.41) is 19.1. The molecule has 3 unspecified atom stereocenters. The van der Waals surface area contributed by atoms with Crippen LogP contribution in [0.3, 0.4) is 0 Å². The molecule has 180 valence electrons. The maximum Gasteiger partial charge on any atom is 0.259 e. The van der Waals surface area contributed by atoms with Crippen molar-refractivity contribution in [3.8, 4) is 0 Å². The van der Waals surface area contributed by atoms with Gasteiger partial charge in [-0.25, -0.2) is 0 Å². The van der Waals surface area contributed by atoms with Gasteiger partial charge in [0.1, 0.15) is 6.23 Å².